The molecule has 0 saturated carbocycles. The van der Waals surface area contributed by atoms with Crippen molar-refractivity contribution in [2.75, 3.05) is 31.1 Å². The maximum absolute atomic E-state index is 5.62. The van der Waals surface area contributed by atoms with Crippen LogP contribution in [0.4, 0.5) is 5.69 Å². The molecule has 3 aromatic rings. The number of quaternary nitrogens is 1. The van der Waals surface area contributed by atoms with Crippen LogP contribution < -0.4 is 9.80 Å². The van der Waals surface area contributed by atoms with E-state index in [0.717, 1.165) is 43.3 Å². The number of anilines is 1. The number of benzene rings is 2. The summed E-state index contributed by atoms with van der Waals surface area (Å²) < 4.78 is 4.66. The number of aromatic nitrogens is 3. The largest absolute Gasteiger partial charge is 0.360 e. The Bertz CT molecular complexity index is 864. The first-order valence-corrected chi connectivity index (χ1v) is 9.05. The number of para-hydroxylation sites is 2. The number of rotatable bonds is 4. The third kappa shape index (κ3) is 3.50. The Balaban J connectivity index is 1.41. The molecule has 1 aliphatic heterocycles. The first-order valence-electron chi connectivity index (χ1n) is 8.65. The lowest BCUT2D eigenvalue weighted by atomic mass is 10.2. The lowest BCUT2D eigenvalue weighted by Gasteiger charge is -2.33. The van der Waals surface area contributed by atoms with Gasteiger partial charge in [-0.15, -0.1) is 0 Å². The fraction of sp³-hybridized carbons (Fsp3) is 0.263. The molecule has 4 rings (SSSR count). The van der Waals surface area contributed by atoms with Crippen LogP contribution in [0.2, 0.25) is 0 Å². The topological polar surface area (TPSA) is 30.4 Å². The average molecular weight is 352 g/mol. The number of hydrogen-bond donors (Lipinski definition) is 1. The summed E-state index contributed by atoms with van der Waals surface area (Å²) in [5.74, 6) is 0. The van der Waals surface area contributed by atoms with Crippen LogP contribution in [0.3, 0.4) is 0 Å². The summed E-state index contributed by atoms with van der Waals surface area (Å²) in [6.45, 7) is 5.13. The summed E-state index contributed by atoms with van der Waals surface area (Å²) in [6, 6.07) is 20.8. The molecule has 6 heteroatoms. The summed E-state index contributed by atoms with van der Waals surface area (Å²) in [6.07, 6.45) is 1.82. The maximum atomic E-state index is 5.62. The Kier molecular flexibility index (Phi) is 4.63. The van der Waals surface area contributed by atoms with Gasteiger partial charge in [0.2, 0.25) is 4.77 Å². The molecule has 1 N–H and O–H groups in total. The Morgan fingerprint density at radius 1 is 0.880 bits per heavy atom. The second kappa shape index (κ2) is 7.21. The van der Waals surface area contributed by atoms with Crippen LogP contribution in [0.15, 0.2) is 67.0 Å². The smallest absolute Gasteiger partial charge is 0.207 e. The van der Waals surface area contributed by atoms with Gasteiger partial charge in [0.15, 0.2) is 6.67 Å². The Morgan fingerprint density at radius 2 is 1.48 bits per heavy atom. The lowest BCUT2D eigenvalue weighted by molar-refractivity contribution is -0.924. The van der Waals surface area contributed by atoms with Gasteiger partial charge < -0.3 is 9.80 Å². The van der Waals surface area contributed by atoms with E-state index in [1.54, 1.807) is 0 Å². The van der Waals surface area contributed by atoms with Crippen LogP contribution in [0.5, 0.6) is 0 Å². The predicted molar refractivity (Wildman–Crippen MR) is 102 cm³/mol. The minimum Gasteiger partial charge on any atom is -0.360 e. The zero-order chi connectivity index (χ0) is 17.1. The van der Waals surface area contributed by atoms with Gasteiger partial charge in [0.05, 0.1) is 26.2 Å². The monoisotopic (exact) mass is 352 g/mol. The molecule has 0 unspecified atom stereocenters. The van der Waals surface area contributed by atoms with Crippen molar-refractivity contribution in [1.29, 1.82) is 0 Å². The minimum atomic E-state index is 0.754. The lowest BCUT2D eigenvalue weighted by Crippen LogP contribution is -3.14. The van der Waals surface area contributed by atoms with Crippen molar-refractivity contribution in [3.8, 4) is 5.69 Å². The van der Waals surface area contributed by atoms with Gasteiger partial charge >= 0.3 is 0 Å². The van der Waals surface area contributed by atoms with Crippen LogP contribution in [-0.4, -0.2) is 40.5 Å². The van der Waals surface area contributed by atoms with Gasteiger partial charge in [0.1, 0.15) is 6.33 Å². The maximum Gasteiger partial charge on any atom is 0.207 e. The van der Waals surface area contributed by atoms with Crippen molar-refractivity contribution >= 4 is 17.9 Å². The van der Waals surface area contributed by atoms with Gasteiger partial charge in [-0.05, 0) is 36.5 Å². The second-order valence-corrected chi connectivity index (χ2v) is 6.71. The minimum absolute atomic E-state index is 0.754. The highest BCUT2D eigenvalue weighted by molar-refractivity contribution is 7.71. The predicted octanol–water partition coefficient (Wildman–Crippen LogP) is 1.77. The third-order valence-electron chi connectivity index (χ3n) is 4.73. The van der Waals surface area contributed by atoms with Gasteiger partial charge in [-0.3, -0.25) is 4.57 Å². The zero-order valence-corrected chi connectivity index (χ0v) is 14.9. The molecule has 25 heavy (non-hydrogen) atoms. The van der Waals surface area contributed by atoms with Gasteiger partial charge in [-0.1, -0.05) is 36.4 Å². The van der Waals surface area contributed by atoms with E-state index < -0.39 is 0 Å². The molecule has 0 radical (unpaired) electrons. The molecule has 0 spiro atoms. The molecule has 0 atom stereocenters. The third-order valence-corrected chi connectivity index (χ3v) is 5.14. The molecule has 0 bridgehead atoms. The first kappa shape index (κ1) is 16.1. The van der Waals surface area contributed by atoms with E-state index in [4.69, 9.17) is 12.2 Å². The standard InChI is InChI=1S/C19H21N5S/c25-19-23(18-9-5-2-6-10-18)15-20-24(19)16-21-11-13-22(14-12-21)17-7-3-1-4-8-17/h1-10,15H,11-14,16H2/p+1. The Hall–Kier alpha value is -2.44. The van der Waals surface area contributed by atoms with E-state index in [-0.39, 0.29) is 0 Å². The van der Waals surface area contributed by atoms with E-state index in [1.807, 2.05) is 45.9 Å². The van der Waals surface area contributed by atoms with Crippen LogP contribution in [0, 0.1) is 4.77 Å². The van der Waals surface area contributed by atoms with Crippen molar-refractivity contribution in [2.45, 2.75) is 6.67 Å². The number of piperazine rings is 1. The van der Waals surface area contributed by atoms with Crippen molar-refractivity contribution in [3.05, 3.63) is 71.8 Å². The van der Waals surface area contributed by atoms with Crippen molar-refractivity contribution in [3.63, 3.8) is 0 Å². The molecule has 1 aliphatic rings. The van der Waals surface area contributed by atoms with E-state index in [2.05, 4.69) is 40.3 Å². The SMILES string of the molecule is S=c1n(-c2ccccc2)cnn1C[NH+]1CCN(c2ccccc2)CC1. The Morgan fingerprint density at radius 3 is 2.12 bits per heavy atom. The molecule has 1 aromatic heterocycles. The van der Waals surface area contributed by atoms with Crippen LogP contribution in [0.25, 0.3) is 5.69 Å². The van der Waals surface area contributed by atoms with E-state index in [1.165, 1.54) is 10.6 Å². The Labute approximate surface area is 152 Å². The normalized spacial score (nSPS) is 15.4. The number of nitrogens with zero attached hydrogens (tertiary/aromatic N) is 4. The van der Waals surface area contributed by atoms with Gasteiger partial charge in [-0.2, -0.15) is 9.78 Å². The molecule has 5 nitrogen and oxygen atoms in total. The molecule has 0 aliphatic carbocycles. The molecule has 2 heterocycles. The van der Waals surface area contributed by atoms with Crippen molar-refractivity contribution < 1.29 is 4.90 Å². The fourth-order valence-corrected chi connectivity index (χ4v) is 3.57. The summed E-state index contributed by atoms with van der Waals surface area (Å²) in [5.41, 5.74) is 2.37. The molecule has 1 fully saturated rings. The first-order chi connectivity index (χ1) is 12.3. The van der Waals surface area contributed by atoms with E-state index in [0.29, 0.717) is 0 Å². The quantitative estimate of drug-likeness (QED) is 0.726. The van der Waals surface area contributed by atoms with Crippen LogP contribution >= 0.6 is 12.2 Å². The van der Waals surface area contributed by atoms with E-state index >= 15 is 0 Å². The average Bonchev–Trinajstić information content (AvgIpc) is 3.04. The van der Waals surface area contributed by atoms with Gasteiger partial charge in [0, 0.05) is 11.4 Å². The zero-order valence-electron chi connectivity index (χ0n) is 14.1. The van der Waals surface area contributed by atoms with Gasteiger partial charge in [-0.25, -0.2) is 0 Å². The molecule has 1 saturated heterocycles. The van der Waals surface area contributed by atoms with Crippen molar-refractivity contribution in [1.82, 2.24) is 14.3 Å². The summed E-state index contributed by atoms with van der Waals surface area (Å²) in [7, 11) is 0. The summed E-state index contributed by atoms with van der Waals surface area (Å²) in [4.78, 5) is 3.97. The highest BCUT2D eigenvalue weighted by Crippen LogP contribution is 2.12. The van der Waals surface area contributed by atoms with E-state index in [9.17, 15) is 0 Å². The summed E-state index contributed by atoms with van der Waals surface area (Å²) >= 11 is 5.62. The van der Waals surface area contributed by atoms with Crippen LogP contribution in [0.1, 0.15) is 0 Å². The fourth-order valence-electron chi connectivity index (χ4n) is 3.30. The van der Waals surface area contributed by atoms with Crippen LogP contribution in [-0.2, 0) is 6.67 Å². The second-order valence-electron chi connectivity index (χ2n) is 6.35. The summed E-state index contributed by atoms with van der Waals surface area (Å²) in [5, 5.41) is 4.50. The highest BCUT2D eigenvalue weighted by Gasteiger charge is 2.21. The molecular weight excluding hydrogens is 330 g/mol. The van der Waals surface area contributed by atoms with Gasteiger partial charge in [0.25, 0.3) is 0 Å². The number of nitrogens with one attached hydrogen (secondary N) is 1. The molecule has 2 aromatic carbocycles. The van der Waals surface area contributed by atoms with Crippen molar-refractivity contribution in [2.24, 2.45) is 0 Å². The molecule has 0 amide bonds. The number of hydrogen-bond acceptors (Lipinski definition) is 3. The molecular formula is C19H22N5S+. The molecule has 128 valence electrons. The highest BCUT2D eigenvalue weighted by atomic mass is 32.1.